The van der Waals surface area contributed by atoms with E-state index in [0.29, 0.717) is 17.1 Å². The Hall–Kier alpha value is -4.57. The van der Waals surface area contributed by atoms with Gasteiger partial charge in [-0.15, -0.1) is 0 Å². The Balaban J connectivity index is 1.73. The van der Waals surface area contributed by atoms with Crippen molar-refractivity contribution in [2.45, 2.75) is 13.3 Å². The van der Waals surface area contributed by atoms with E-state index in [-0.39, 0.29) is 35.0 Å². The van der Waals surface area contributed by atoms with Crippen molar-refractivity contribution in [1.82, 2.24) is 19.4 Å². The molecule has 3 N–H and O–H groups in total. The number of pyridine rings is 1. The van der Waals surface area contributed by atoms with E-state index in [4.69, 9.17) is 0 Å². The number of likely N-dealkylation sites (N-methyl/N-ethyl adjacent to an activating group) is 1. The first kappa shape index (κ1) is 24.6. The summed E-state index contributed by atoms with van der Waals surface area (Å²) in [7, 11) is 3.62. The van der Waals surface area contributed by atoms with Crippen LogP contribution in [0.3, 0.4) is 0 Å². The highest BCUT2D eigenvalue weighted by molar-refractivity contribution is 5.93. The van der Waals surface area contributed by atoms with E-state index < -0.39 is 11.4 Å². The lowest BCUT2D eigenvalue weighted by Crippen LogP contribution is -2.27. The highest BCUT2D eigenvalue weighted by atomic mass is 16.4. The van der Waals surface area contributed by atoms with Gasteiger partial charge in [0.1, 0.15) is 5.56 Å². The molecular weight excluding hydrogens is 460 g/mol. The molecule has 0 aliphatic carbocycles. The lowest BCUT2D eigenvalue weighted by atomic mass is 10.1. The van der Waals surface area contributed by atoms with Crippen molar-refractivity contribution in [3.05, 3.63) is 82.3 Å². The lowest BCUT2D eigenvalue weighted by Gasteiger charge is -2.14. The van der Waals surface area contributed by atoms with Gasteiger partial charge in [-0.3, -0.25) is 9.59 Å². The molecule has 10 heteroatoms. The molecule has 184 valence electrons. The quantitative estimate of drug-likeness (QED) is 0.346. The summed E-state index contributed by atoms with van der Waals surface area (Å²) < 4.78 is 1.57. The van der Waals surface area contributed by atoms with Gasteiger partial charge in [0.25, 0.3) is 0 Å². The molecule has 0 fully saturated rings. The molecule has 4 rings (SSSR count). The minimum Gasteiger partial charge on any atom is -0.477 e. The number of benzene rings is 2. The molecule has 1 amide bonds. The molecule has 0 atom stereocenters. The number of hydrogen-bond acceptors (Lipinski definition) is 7. The van der Waals surface area contributed by atoms with Crippen molar-refractivity contribution < 1.29 is 14.7 Å². The average Bonchev–Trinajstić information content (AvgIpc) is 2.84. The van der Waals surface area contributed by atoms with Gasteiger partial charge in [-0.05, 0) is 56.4 Å². The molecular formula is C26H26N6O4. The standard InChI is InChI=1S/C26H26N6O4/c1-4-16-8-10-19(11-9-16)32-14-21(25(35)36)23(34)20-13-27-26(30-24(20)32)29-18-7-5-6-17(12-18)28-22(33)15-31(2)3/h5-14H,4,15H2,1-3H3,(H,28,33)(H,35,36)(H,27,29,30). The van der Waals surface area contributed by atoms with Gasteiger partial charge in [0.05, 0.1) is 11.9 Å². The Labute approximate surface area is 207 Å². The third-order valence-corrected chi connectivity index (χ3v) is 5.46. The zero-order valence-corrected chi connectivity index (χ0v) is 20.1. The molecule has 4 aromatic rings. The number of anilines is 3. The first-order valence-electron chi connectivity index (χ1n) is 11.3. The van der Waals surface area contributed by atoms with E-state index in [1.54, 1.807) is 33.7 Å². The normalized spacial score (nSPS) is 11.0. The van der Waals surface area contributed by atoms with Gasteiger partial charge in [-0.1, -0.05) is 25.1 Å². The minimum absolute atomic E-state index is 0.0877. The van der Waals surface area contributed by atoms with E-state index in [1.165, 1.54) is 12.4 Å². The predicted octanol–water partition coefficient (Wildman–Crippen LogP) is 3.29. The van der Waals surface area contributed by atoms with Gasteiger partial charge in [-0.2, -0.15) is 4.98 Å². The van der Waals surface area contributed by atoms with Crippen molar-refractivity contribution in [3.63, 3.8) is 0 Å². The Morgan fingerprint density at radius 3 is 2.47 bits per heavy atom. The highest BCUT2D eigenvalue weighted by Crippen LogP contribution is 2.21. The van der Waals surface area contributed by atoms with Gasteiger partial charge in [0.2, 0.25) is 17.3 Å². The van der Waals surface area contributed by atoms with Gasteiger partial charge >= 0.3 is 5.97 Å². The largest absolute Gasteiger partial charge is 0.477 e. The van der Waals surface area contributed by atoms with Gasteiger partial charge in [0, 0.05) is 29.5 Å². The van der Waals surface area contributed by atoms with Crippen LogP contribution in [0.2, 0.25) is 0 Å². The van der Waals surface area contributed by atoms with Gasteiger partial charge in [-0.25, -0.2) is 9.78 Å². The SMILES string of the molecule is CCc1ccc(-n2cc(C(=O)O)c(=O)c3cnc(Nc4cccc(NC(=O)CN(C)C)c4)nc32)cc1. The number of aryl methyl sites for hydroxylation is 1. The van der Waals surface area contributed by atoms with E-state index in [1.807, 2.05) is 45.3 Å². The van der Waals surface area contributed by atoms with Crippen LogP contribution in [0.5, 0.6) is 0 Å². The predicted molar refractivity (Wildman–Crippen MR) is 138 cm³/mol. The molecule has 2 aromatic heterocycles. The number of aromatic nitrogens is 3. The number of nitrogens with zero attached hydrogens (tertiary/aromatic N) is 4. The maximum Gasteiger partial charge on any atom is 0.341 e. The van der Waals surface area contributed by atoms with Crippen LogP contribution in [0.15, 0.2) is 65.7 Å². The zero-order chi connectivity index (χ0) is 25.8. The molecule has 0 bridgehead atoms. The van der Waals surface area contributed by atoms with Crippen LogP contribution in [0.1, 0.15) is 22.8 Å². The molecule has 0 spiro atoms. The molecule has 2 aromatic carbocycles. The van der Waals surface area contributed by atoms with Gasteiger partial charge < -0.3 is 25.2 Å². The van der Waals surface area contributed by atoms with Gasteiger partial charge in [0.15, 0.2) is 5.65 Å². The molecule has 36 heavy (non-hydrogen) atoms. The Morgan fingerprint density at radius 1 is 1.08 bits per heavy atom. The number of rotatable bonds is 8. The van der Waals surface area contributed by atoms with Crippen molar-refractivity contribution in [2.24, 2.45) is 0 Å². The summed E-state index contributed by atoms with van der Waals surface area (Å²) in [6, 6.07) is 14.7. The zero-order valence-electron chi connectivity index (χ0n) is 20.1. The fourth-order valence-electron chi connectivity index (χ4n) is 3.70. The molecule has 0 unspecified atom stereocenters. The maximum atomic E-state index is 12.8. The molecule has 0 aliphatic heterocycles. The number of carbonyl (C=O) groups excluding carboxylic acids is 1. The van der Waals surface area contributed by atoms with Crippen LogP contribution < -0.4 is 16.1 Å². The highest BCUT2D eigenvalue weighted by Gasteiger charge is 2.17. The number of nitrogens with one attached hydrogen (secondary N) is 2. The summed E-state index contributed by atoms with van der Waals surface area (Å²) in [5.41, 5.74) is 2.25. The number of carbonyl (C=O) groups is 2. The smallest absolute Gasteiger partial charge is 0.341 e. The lowest BCUT2D eigenvalue weighted by molar-refractivity contribution is -0.116. The maximum absolute atomic E-state index is 12.8. The van der Waals surface area contributed by atoms with Crippen LogP contribution in [0.4, 0.5) is 17.3 Å². The van der Waals surface area contributed by atoms with E-state index >= 15 is 0 Å². The van der Waals surface area contributed by atoms with E-state index in [0.717, 1.165) is 12.0 Å². The molecule has 0 saturated carbocycles. The number of amides is 1. The second-order valence-electron chi connectivity index (χ2n) is 8.49. The van der Waals surface area contributed by atoms with Crippen molar-refractivity contribution in [1.29, 1.82) is 0 Å². The number of fused-ring (bicyclic) bond motifs is 1. The molecule has 2 heterocycles. The van der Waals surface area contributed by atoms with E-state index in [2.05, 4.69) is 20.6 Å². The monoisotopic (exact) mass is 486 g/mol. The second-order valence-corrected chi connectivity index (χ2v) is 8.49. The summed E-state index contributed by atoms with van der Waals surface area (Å²) in [6.07, 6.45) is 3.46. The number of aromatic carboxylic acids is 1. The second kappa shape index (κ2) is 10.4. The average molecular weight is 487 g/mol. The summed E-state index contributed by atoms with van der Waals surface area (Å²) in [4.78, 5) is 47.2. The molecule has 0 radical (unpaired) electrons. The molecule has 0 saturated heterocycles. The topological polar surface area (TPSA) is 129 Å². The van der Waals surface area contributed by atoms with Crippen molar-refractivity contribution in [3.8, 4) is 5.69 Å². The van der Waals surface area contributed by atoms with Crippen LogP contribution in [0, 0.1) is 0 Å². The van der Waals surface area contributed by atoms with Crippen LogP contribution >= 0.6 is 0 Å². The third kappa shape index (κ3) is 5.39. The Bertz CT molecular complexity index is 1500. The summed E-state index contributed by atoms with van der Waals surface area (Å²) in [6.45, 7) is 2.29. The first-order chi connectivity index (χ1) is 17.2. The number of carboxylic acids is 1. The fourth-order valence-corrected chi connectivity index (χ4v) is 3.70. The summed E-state index contributed by atoms with van der Waals surface area (Å²) in [5.74, 6) is -1.26. The van der Waals surface area contributed by atoms with Crippen molar-refractivity contribution >= 4 is 40.2 Å². The third-order valence-electron chi connectivity index (χ3n) is 5.46. The molecule has 10 nitrogen and oxygen atoms in total. The summed E-state index contributed by atoms with van der Waals surface area (Å²) in [5, 5.41) is 15.6. The molecule has 0 aliphatic rings. The van der Waals surface area contributed by atoms with Crippen LogP contribution in [0.25, 0.3) is 16.7 Å². The first-order valence-corrected chi connectivity index (χ1v) is 11.3. The van der Waals surface area contributed by atoms with Crippen LogP contribution in [-0.2, 0) is 11.2 Å². The Morgan fingerprint density at radius 2 is 1.81 bits per heavy atom. The van der Waals surface area contributed by atoms with E-state index in [9.17, 15) is 19.5 Å². The fraction of sp³-hybridized carbons (Fsp3) is 0.192. The summed E-state index contributed by atoms with van der Waals surface area (Å²) >= 11 is 0. The Kier molecular flexibility index (Phi) is 7.07. The number of carboxylic acid groups (broad SMARTS) is 1. The van der Waals surface area contributed by atoms with Crippen molar-refractivity contribution in [2.75, 3.05) is 31.3 Å². The number of hydrogen-bond donors (Lipinski definition) is 3. The minimum atomic E-state index is -1.32. The van der Waals surface area contributed by atoms with Crippen LogP contribution in [-0.4, -0.2) is 57.1 Å².